The smallest absolute Gasteiger partial charge is 0.180 e. The van der Waals surface area contributed by atoms with Crippen LogP contribution in [-0.2, 0) is 6.54 Å². The molecule has 0 amide bonds. The molecule has 1 unspecified atom stereocenters. The summed E-state index contributed by atoms with van der Waals surface area (Å²) in [5.41, 5.74) is 0. The van der Waals surface area contributed by atoms with Crippen LogP contribution in [0, 0.1) is 5.92 Å². The van der Waals surface area contributed by atoms with E-state index in [4.69, 9.17) is 4.42 Å². The van der Waals surface area contributed by atoms with E-state index in [-0.39, 0.29) is 0 Å². The first kappa shape index (κ1) is 11.2. The minimum atomic E-state index is 0.544. The Bertz CT molecular complexity index is 231. The largest absolute Gasteiger partial charge is 0.447 e. The lowest BCUT2D eigenvalue weighted by molar-refractivity contribution is 0.417. The standard InChI is InChI=1S/C11H20N2O/c1-9(2)4-5-10(3)13-7-11-6-12-8-14-11/h6,8-10,13H,4-5,7H2,1-3H3. The first-order valence-corrected chi connectivity index (χ1v) is 5.29. The third-order valence-corrected chi connectivity index (χ3v) is 2.29. The molecule has 1 aromatic rings. The molecule has 1 rings (SSSR count). The van der Waals surface area contributed by atoms with Gasteiger partial charge in [0.1, 0.15) is 5.76 Å². The van der Waals surface area contributed by atoms with Crippen molar-refractivity contribution >= 4 is 0 Å². The highest BCUT2D eigenvalue weighted by molar-refractivity contribution is 4.87. The van der Waals surface area contributed by atoms with Gasteiger partial charge in [-0.3, -0.25) is 0 Å². The van der Waals surface area contributed by atoms with E-state index >= 15 is 0 Å². The Balaban J connectivity index is 2.12. The summed E-state index contributed by atoms with van der Waals surface area (Å²) < 4.78 is 5.14. The SMILES string of the molecule is CC(C)CCC(C)NCc1cnco1. The zero-order valence-corrected chi connectivity index (χ0v) is 9.29. The quantitative estimate of drug-likeness (QED) is 0.760. The van der Waals surface area contributed by atoms with E-state index < -0.39 is 0 Å². The molecule has 14 heavy (non-hydrogen) atoms. The Morgan fingerprint density at radius 1 is 1.36 bits per heavy atom. The predicted octanol–water partition coefficient (Wildman–Crippen LogP) is 2.59. The van der Waals surface area contributed by atoms with Gasteiger partial charge in [-0.15, -0.1) is 0 Å². The summed E-state index contributed by atoms with van der Waals surface area (Å²) in [6.45, 7) is 7.49. The van der Waals surface area contributed by atoms with Gasteiger partial charge in [0.05, 0.1) is 12.7 Å². The van der Waals surface area contributed by atoms with Crippen LogP contribution in [-0.4, -0.2) is 11.0 Å². The highest BCUT2D eigenvalue weighted by atomic mass is 16.3. The van der Waals surface area contributed by atoms with E-state index in [0.29, 0.717) is 6.04 Å². The third kappa shape index (κ3) is 4.42. The molecule has 0 saturated carbocycles. The molecule has 3 nitrogen and oxygen atoms in total. The van der Waals surface area contributed by atoms with Gasteiger partial charge in [0.2, 0.25) is 0 Å². The van der Waals surface area contributed by atoms with E-state index in [1.165, 1.54) is 19.2 Å². The van der Waals surface area contributed by atoms with Crippen LogP contribution in [0.4, 0.5) is 0 Å². The second-order valence-electron chi connectivity index (χ2n) is 4.22. The van der Waals surface area contributed by atoms with E-state index in [0.717, 1.165) is 18.2 Å². The second-order valence-corrected chi connectivity index (χ2v) is 4.22. The molecule has 1 heterocycles. The highest BCUT2D eigenvalue weighted by Crippen LogP contribution is 2.07. The maximum atomic E-state index is 5.14. The lowest BCUT2D eigenvalue weighted by Crippen LogP contribution is -2.25. The van der Waals surface area contributed by atoms with Crippen LogP contribution in [0.25, 0.3) is 0 Å². The molecular weight excluding hydrogens is 176 g/mol. The first-order chi connectivity index (χ1) is 6.68. The summed E-state index contributed by atoms with van der Waals surface area (Å²) in [5.74, 6) is 1.69. The Hall–Kier alpha value is -0.830. The van der Waals surface area contributed by atoms with Gasteiger partial charge in [-0.25, -0.2) is 4.98 Å². The van der Waals surface area contributed by atoms with Crippen molar-refractivity contribution in [2.24, 2.45) is 5.92 Å². The van der Waals surface area contributed by atoms with Crippen molar-refractivity contribution in [1.29, 1.82) is 0 Å². The zero-order chi connectivity index (χ0) is 10.4. The monoisotopic (exact) mass is 196 g/mol. The van der Waals surface area contributed by atoms with Crippen molar-refractivity contribution in [2.75, 3.05) is 0 Å². The van der Waals surface area contributed by atoms with Gasteiger partial charge in [-0.2, -0.15) is 0 Å². The lowest BCUT2D eigenvalue weighted by atomic mass is 10.0. The molecule has 0 aromatic carbocycles. The molecule has 0 spiro atoms. The molecule has 0 aliphatic rings. The van der Waals surface area contributed by atoms with Crippen molar-refractivity contribution in [3.63, 3.8) is 0 Å². The normalized spacial score (nSPS) is 13.4. The summed E-state index contributed by atoms with van der Waals surface area (Å²) in [6.07, 6.45) is 5.70. The summed E-state index contributed by atoms with van der Waals surface area (Å²) >= 11 is 0. The minimum absolute atomic E-state index is 0.544. The van der Waals surface area contributed by atoms with E-state index in [2.05, 4.69) is 31.1 Å². The van der Waals surface area contributed by atoms with Crippen molar-refractivity contribution in [3.8, 4) is 0 Å². The molecule has 0 aliphatic carbocycles. The average molecular weight is 196 g/mol. The van der Waals surface area contributed by atoms with Crippen LogP contribution in [0.5, 0.6) is 0 Å². The van der Waals surface area contributed by atoms with Gasteiger partial charge in [0, 0.05) is 6.04 Å². The van der Waals surface area contributed by atoms with Crippen molar-refractivity contribution < 1.29 is 4.42 Å². The summed E-state index contributed by atoms with van der Waals surface area (Å²) in [7, 11) is 0. The Kier molecular flexibility index (Phi) is 4.66. The van der Waals surface area contributed by atoms with Crippen LogP contribution < -0.4 is 5.32 Å². The van der Waals surface area contributed by atoms with E-state index in [9.17, 15) is 0 Å². The van der Waals surface area contributed by atoms with Crippen LogP contribution in [0.1, 0.15) is 39.4 Å². The molecule has 0 saturated heterocycles. The van der Waals surface area contributed by atoms with Crippen LogP contribution in [0.15, 0.2) is 17.0 Å². The summed E-state index contributed by atoms with van der Waals surface area (Å²) in [4.78, 5) is 3.87. The topological polar surface area (TPSA) is 38.1 Å². The fraction of sp³-hybridized carbons (Fsp3) is 0.727. The molecule has 1 atom stereocenters. The first-order valence-electron chi connectivity index (χ1n) is 5.29. The maximum Gasteiger partial charge on any atom is 0.180 e. The minimum Gasteiger partial charge on any atom is -0.447 e. The summed E-state index contributed by atoms with van der Waals surface area (Å²) in [5, 5.41) is 3.41. The van der Waals surface area contributed by atoms with Crippen LogP contribution >= 0.6 is 0 Å². The van der Waals surface area contributed by atoms with E-state index in [1.807, 2.05) is 0 Å². The number of oxazole rings is 1. The molecular formula is C11H20N2O. The number of hydrogen-bond donors (Lipinski definition) is 1. The Labute approximate surface area is 85.9 Å². The van der Waals surface area contributed by atoms with Crippen molar-refractivity contribution in [2.45, 2.75) is 46.2 Å². The molecule has 0 radical (unpaired) electrons. The van der Waals surface area contributed by atoms with Gasteiger partial charge in [0.25, 0.3) is 0 Å². The molecule has 0 fully saturated rings. The molecule has 0 aliphatic heterocycles. The van der Waals surface area contributed by atoms with Gasteiger partial charge in [-0.05, 0) is 25.7 Å². The molecule has 3 heteroatoms. The number of hydrogen-bond acceptors (Lipinski definition) is 3. The molecule has 80 valence electrons. The second kappa shape index (κ2) is 5.81. The number of rotatable bonds is 6. The van der Waals surface area contributed by atoms with Gasteiger partial charge in [0.15, 0.2) is 6.39 Å². The van der Waals surface area contributed by atoms with Gasteiger partial charge < -0.3 is 9.73 Å². The van der Waals surface area contributed by atoms with Gasteiger partial charge >= 0.3 is 0 Å². The molecule has 1 N–H and O–H groups in total. The van der Waals surface area contributed by atoms with E-state index in [1.54, 1.807) is 6.20 Å². The Morgan fingerprint density at radius 2 is 2.14 bits per heavy atom. The average Bonchev–Trinajstić information content (AvgIpc) is 2.63. The number of aromatic nitrogens is 1. The fourth-order valence-corrected chi connectivity index (χ4v) is 1.29. The van der Waals surface area contributed by atoms with Crippen LogP contribution in [0.3, 0.4) is 0 Å². The van der Waals surface area contributed by atoms with Crippen LogP contribution in [0.2, 0.25) is 0 Å². The number of nitrogens with one attached hydrogen (secondary N) is 1. The molecule has 0 bridgehead atoms. The Morgan fingerprint density at radius 3 is 2.71 bits per heavy atom. The lowest BCUT2D eigenvalue weighted by Gasteiger charge is -2.13. The summed E-state index contributed by atoms with van der Waals surface area (Å²) in [6, 6.07) is 0.544. The molecule has 1 aromatic heterocycles. The zero-order valence-electron chi connectivity index (χ0n) is 9.29. The predicted molar refractivity (Wildman–Crippen MR) is 56.9 cm³/mol. The van der Waals surface area contributed by atoms with Gasteiger partial charge in [-0.1, -0.05) is 13.8 Å². The highest BCUT2D eigenvalue weighted by Gasteiger charge is 2.04. The number of nitrogens with zero attached hydrogens (tertiary/aromatic N) is 1. The maximum absolute atomic E-state index is 5.14. The van der Waals surface area contributed by atoms with Crippen molar-refractivity contribution in [3.05, 3.63) is 18.4 Å². The van der Waals surface area contributed by atoms with Crippen molar-refractivity contribution in [1.82, 2.24) is 10.3 Å². The fourth-order valence-electron chi connectivity index (χ4n) is 1.29. The third-order valence-electron chi connectivity index (χ3n) is 2.29.